The summed E-state index contributed by atoms with van der Waals surface area (Å²) in [5.74, 6) is -2.59. The van der Waals surface area contributed by atoms with Gasteiger partial charge in [-0.25, -0.2) is 8.42 Å². The predicted molar refractivity (Wildman–Crippen MR) is 114 cm³/mol. The van der Waals surface area contributed by atoms with Crippen LogP contribution in [0.15, 0.2) is 48.7 Å². The van der Waals surface area contributed by atoms with Crippen LogP contribution in [0.3, 0.4) is 0 Å². The van der Waals surface area contributed by atoms with Crippen LogP contribution in [0.5, 0.6) is 0 Å². The molecule has 3 rings (SSSR count). The largest absolute Gasteiger partial charge is 0.396 e. The van der Waals surface area contributed by atoms with E-state index < -0.39 is 27.7 Å². The van der Waals surface area contributed by atoms with Gasteiger partial charge in [0.05, 0.1) is 11.7 Å². The van der Waals surface area contributed by atoms with Crippen molar-refractivity contribution in [3.05, 3.63) is 65.5 Å². The quantitative estimate of drug-likeness (QED) is 0.630. The average Bonchev–Trinajstić information content (AvgIpc) is 2.66. The number of benzene rings is 1. The van der Waals surface area contributed by atoms with Gasteiger partial charge in [0.15, 0.2) is 0 Å². The second-order valence-corrected chi connectivity index (χ2v) is 9.94. The Hall–Kier alpha value is -1.64. The number of hydrogen-bond donors (Lipinski definition) is 0. The summed E-state index contributed by atoms with van der Waals surface area (Å²) in [7, 11) is -3.75. The molecule has 1 unspecified atom stereocenters. The molecule has 0 amide bonds. The minimum Gasteiger partial charge on any atom is -0.298 e. The molecule has 1 aromatic carbocycles. The van der Waals surface area contributed by atoms with E-state index in [1.54, 1.807) is 18.3 Å². The molecule has 2 heterocycles. The molecule has 0 saturated carbocycles. The van der Waals surface area contributed by atoms with E-state index >= 15 is 0 Å². The third-order valence-corrected chi connectivity index (χ3v) is 6.20. The minimum atomic E-state index is -4.60. The monoisotopic (exact) mass is 462 g/mol. The Morgan fingerprint density at radius 1 is 1.17 bits per heavy atom. The van der Waals surface area contributed by atoms with E-state index in [0.717, 1.165) is 43.4 Å². The Labute approximate surface area is 181 Å². The zero-order valence-electron chi connectivity index (χ0n) is 16.7. The highest BCUT2D eigenvalue weighted by Gasteiger charge is 2.42. The summed E-state index contributed by atoms with van der Waals surface area (Å²) in [6.45, 7) is 2.44. The molecule has 1 saturated heterocycles. The first-order valence-electron chi connectivity index (χ1n) is 9.58. The van der Waals surface area contributed by atoms with Gasteiger partial charge in [-0.2, -0.15) is 13.2 Å². The van der Waals surface area contributed by atoms with Crippen molar-refractivity contribution >= 4 is 22.2 Å². The number of rotatable bonds is 6. The molecule has 0 bridgehead atoms. The Morgan fingerprint density at radius 3 is 2.43 bits per heavy atom. The summed E-state index contributed by atoms with van der Waals surface area (Å²) >= 11 is 0. The molecule has 0 aliphatic carbocycles. The van der Waals surface area contributed by atoms with Crippen molar-refractivity contribution in [1.29, 1.82) is 0 Å². The number of likely N-dealkylation sites (tertiary alicyclic amines) is 1. The SMILES string of the molecule is CS(=O)(=O)C[C@@H](c1ccc(CN2CCCC(c3ccccn3)C2)cc1)C(F)(F)F.Cl. The molecule has 1 fully saturated rings. The lowest BCUT2D eigenvalue weighted by Crippen LogP contribution is -2.34. The lowest BCUT2D eigenvalue weighted by atomic mass is 9.93. The predicted octanol–water partition coefficient (Wildman–Crippen LogP) is 4.57. The van der Waals surface area contributed by atoms with Crippen LogP contribution in [-0.2, 0) is 16.4 Å². The fraction of sp³-hybridized carbons (Fsp3) is 0.476. The first-order valence-corrected chi connectivity index (χ1v) is 11.6. The van der Waals surface area contributed by atoms with Crippen LogP contribution in [0.25, 0.3) is 0 Å². The molecule has 1 aromatic heterocycles. The fourth-order valence-electron chi connectivity index (χ4n) is 3.85. The highest BCUT2D eigenvalue weighted by molar-refractivity contribution is 7.90. The number of piperidine rings is 1. The third-order valence-electron chi connectivity index (χ3n) is 5.26. The lowest BCUT2D eigenvalue weighted by molar-refractivity contribution is -0.145. The van der Waals surface area contributed by atoms with Crippen molar-refractivity contribution in [2.45, 2.75) is 37.4 Å². The lowest BCUT2D eigenvalue weighted by Gasteiger charge is -2.32. The molecule has 30 heavy (non-hydrogen) atoms. The number of nitrogens with zero attached hydrogens (tertiary/aromatic N) is 2. The number of pyridine rings is 1. The molecule has 0 spiro atoms. The van der Waals surface area contributed by atoms with Crippen LogP contribution >= 0.6 is 12.4 Å². The fourth-order valence-corrected chi connectivity index (χ4v) is 4.84. The first kappa shape index (κ1) is 24.6. The molecule has 0 N–H and O–H groups in total. The molecule has 166 valence electrons. The van der Waals surface area contributed by atoms with Gasteiger partial charge in [0.1, 0.15) is 9.84 Å². The molecule has 2 atom stereocenters. The van der Waals surface area contributed by atoms with Gasteiger partial charge in [-0.05, 0) is 42.6 Å². The van der Waals surface area contributed by atoms with Gasteiger partial charge in [0.2, 0.25) is 0 Å². The normalized spacial score (nSPS) is 19.1. The van der Waals surface area contributed by atoms with Crippen molar-refractivity contribution in [1.82, 2.24) is 9.88 Å². The van der Waals surface area contributed by atoms with Crippen molar-refractivity contribution in [2.75, 3.05) is 25.1 Å². The van der Waals surface area contributed by atoms with E-state index in [4.69, 9.17) is 0 Å². The van der Waals surface area contributed by atoms with Crippen molar-refractivity contribution in [3.63, 3.8) is 0 Å². The van der Waals surface area contributed by atoms with E-state index in [0.29, 0.717) is 12.5 Å². The second-order valence-electron chi connectivity index (χ2n) is 7.76. The van der Waals surface area contributed by atoms with Crippen LogP contribution in [0.4, 0.5) is 13.2 Å². The number of halogens is 4. The van der Waals surface area contributed by atoms with E-state index in [2.05, 4.69) is 9.88 Å². The second kappa shape index (κ2) is 10.1. The zero-order chi connectivity index (χ0) is 21.1. The van der Waals surface area contributed by atoms with Crippen LogP contribution < -0.4 is 0 Å². The van der Waals surface area contributed by atoms with Gasteiger partial charge in [-0.3, -0.25) is 9.88 Å². The molecule has 4 nitrogen and oxygen atoms in total. The highest BCUT2D eigenvalue weighted by atomic mass is 35.5. The van der Waals surface area contributed by atoms with Gasteiger partial charge in [0, 0.05) is 37.2 Å². The summed E-state index contributed by atoms with van der Waals surface area (Å²) in [6, 6.07) is 12.0. The van der Waals surface area contributed by atoms with Crippen LogP contribution in [0.1, 0.15) is 41.5 Å². The summed E-state index contributed by atoms with van der Waals surface area (Å²) in [5.41, 5.74) is 1.97. The van der Waals surface area contributed by atoms with E-state index in [1.807, 2.05) is 18.2 Å². The maximum Gasteiger partial charge on any atom is 0.396 e. The Kier molecular flexibility index (Phi) is 8.30. The van der Waals surface area contributed by atoms with Gasteiger partial charge in [-0.1, -0.05) is 30.3 Å². The minimum absolute atomic E-state index is 0. The molecule has 9 heteroatoms. The standard InChI is InChI=1S/C21H25F3N2O2S.ClH/c1-29(27,28)15-19(21(22,23)24)17-9-7-16(8-10-17)13-26-12-4-5-18(14-26)20-6-2-3-11-25-20;/h2-3,6-11,18-19H,4-5,12-15H2,1H3;1H/t18?,19-;/m0./s1. The van der Waals surface area contributed by atoms with Gasteiger partial charge in [0.25, 0.3) is 0 Å². The molecule has 1 aliphatic heterocycles. The molecule has 2 aromatic rings. The summed E-state index contributed by atoms with van der Waals surface area (Å²) in [6.07, 6.45) is 0.136. The summed E-state index contributed by atoms with van der Waals surface area (Å²) in [4.78, 5) is 6.73. The Morgan fingerprint density at radius 2 is 1.87 bits per heavy atom. The topological polar surface area (TPSA) is 50.3 Å². The highest BCUT2D eigenvalue weighted by Crippen LogP contribution is 2.36. The van der Waals surface area contributed by atoms with Gasteiger partial charge < -0.3 is 0 Å². The van der Waals surface area contributed by atoms with E-state index in [-0.39, 0.29) is 18.0 Å². The molecular weight excluding hydrogens is 437 g/mol. The number of sulfone groups is 1. The smallest absolute Gasteiger partial charge is 0.298 e. The van der Waals surface area contributed by atoms with Crippen molar-refractivity contribution < 1.29 is 21.6 Å². The van der Waals surface area contributed by atoms with Crippen LogP contribution in [-0.4, -0.2) is 49.6 Å². The maximum atomic E-state index is 13.3. The van der Waals surface area contributed by atoms with Crippen LogP contribution in [0.2, 0.25) is 0 Å². The first-order chi connectivity index (χ1) is 13.6. The van der Waals surface area contributed by atoms with Crippen molar-refractivity contribution in [3.8, 4) is 0 Å². The third kappa shape index (κ3) is 6.96. The zero-order valence-corrected chi connectivity index (χ0v) is 18.3. The summed E-state index contributed by atoms with van der Waals surface area (Å²) in [5, 5.41) is 0. The molecular formula is C21H26ClF3N2O2S. The Bertz CT molecular complexity index is 906. The maximum absolute atomic E-state index is 13.3. The van der Waals surface area contributed by atoms with Gasteiger partial charge in [-0.15, -0.1) is 12.4 Å². The number of alkyl halides is 3. The van der Waals surface area contributed by atoms with Gasteiger partial charge >= 0.3 is 6.18 Å². The number of hydrogen-bond acceptors (Lipinski definition) is 4. The average molecular weight is 463 g/mol. The van der Waals surface area contributed by atoms with Crippen molar-refractivity contribution in [2.24, 2.45) is 0 Å². The Balaban J connectivity index is 0.00000320. The van der Waals surface area contributed by atoms with E-state index in [1.165, 1.54) is 12.1 Å². The molecule has 1 aliphatic rings. The number of aromatic nitrogens is 1. The summed E-state index contributed by atoms with van der Waals surface area (Å²) < 4.78 is 62.9. The molecule has 0 radical (unpaired) electrons. The van der Waals surface area contributed by atoms with E-state index in [9.17, 15) is 21.6 Å². The van der Waals surface area contributed by atoms with Crippen LogP contribution in [0, 0.1) is 0 Å².